The van der Waals surface area contributed by atoms with Crippen molar-refractivity contribution < 1.29 is 4.39 Å². The predicted octanol–water partition coefficient (Wildman–Crippen LogP) is 3.95. The Bertz CT molecular complexity index is 613. The molecule has 0 radical (unpaired) electrons. The Hall–Kier alpha value is -1.23. The number of hydrogen-bond donors (Lipinski definition) is 2. The molecule has 4 heteroatoms. The summed E-state index contributed by atoms with van der Waals surface area (Å²) < 4.78 is 14.1. The summed E-state index contributed by atoms with van der Waals surface area (Å²) in [6.07, 6.45) is 0.714. The Morgan fingerprint density at radius 2 is 2.00 bits per heavy atom. The normalized spacial score (nSPS) is 12.4. The number of hydrogen-bond acceptors (Lipinski definition) is 2. The molecule has 1 atom stereocenters. The molecule has 3 N–H and O–H groups in total. The fraction of sp³-hybridized carbons (Fsp3) is 0.250. The Morgan fingerprint density at radius 1 is 1.25 bits per heavy atom. The van der Waals surface area contributed by atoms with E-state index in [2.05, 4.69) is 53.4 Å². The first-order valence-electron chi connectivity index (χ1n) is 6.49. The molecule has 106 valence electrons. The van der Waals surface area contributed by atoms with Crippen molar-refractivity contribution in [3.8, 4) is 0 Å². The van der Waals surface area contributed by atoms with Gasteiger partial charge in [-0.1, -0.05) is 35.9 Å². The van der Waals surface area contributed by atoms with E-state index in [0.717, 1.165) is 5.56 Å². The van der Waals surface area contributed by atoms with Gasteiger partial charge in [0, 0.05) is 0 Å². The number of benzene rings is 2. The number of rotatable bonds is 4. The van der Waals surface area contributed by atoms with Crippen LogP contribution in [0.1, 0.15) is 28.3 Å². The van der Waals surface area contributed by atoms with Crippen molar-refractivity contribution in [3.05, 3.63) is 68.9 Å². The standard InChI is InChI=1S/C16H18BrFN2/c1-10-6-7-11(2)12(8-10)9-15(20-19)13-4-3-5-14(18)16(13)17/h3-8,15,20H,9,19H2,1-2H3. The quantitative estimate of drug-likeness (QED) is 0.655. The lowest BCUT2D eigenvalue weighted by atomic mass is 9.95. The van der Waals surface area contributed by atoms with Crippen LogP contribution in [0.2, 0.25) is 0 Å². The second-order valence-corrected chi connectivity index (χ2v) is 5.79. The molecule has 0 aliphatic heterocycles. The van der Waals surface area contributed by atoms with Crippen LogP contribution in [-0.4, -0.2) is 0 Å². The topological polar surface area (TPSA) is 38.0 Å². The Kier molecular flexibility index (Phi) is 4.91. The van der Waals surface area contributed by atoms with Gasteiger partial charge in [0.1, 0.15) is 5.82 Å². The molecule has 0 aromatic heterocycles. The van der Waals surface area contributed by atoms with Crippen LogP contribution in [0.5, 0.6) is 0 Å². The highest BCUT2D eigenvalue weighted by atomic mass is 79.9. The van der Waals surface area contributed by atoms with Crippen LogP contribution in [0.15, 0.2) is 40.9 Å². The smallest absolute Gasteiger partial charge is 0.137 e. The minimum atomic E-state index is -0.274. The average Bonchev–Trinajstić information content (AvgIpc) is 2.43. The van der Waals surface area contributed by atoms with Crippen LogP contribution < -0.4 is 11.3 Å². The van der Waals surface area contributed by atoms with Gasteiger partial charge in [-0.2, -0.15) is 0 Å². The van der Waals surface area contributed by atoms with Gasteiger partial charge in [-0.25, -0.2) is 4.39 Å². The van der Waals surface area contributed by atoms with Crippen LogP contribution in [-0.2, 0) is 6.42 Å². The molecule has 0 fully saturated rings. The van der Waals surface area contributed by atoms with Gasteiger partial charge in [0.25, 0.3) is 0 Å². The molecule has 2 rings (SSSR count). The molecule has 0 aliphatic rings. The molecule has 1 unspecified atom stereocenters. The van der Waals surface area contributed by atoms with Gasteiger partial charge >= 0.3 is 0 Å². The lowest BCUT2D eigenvalue weighted by Crippen LogP contribution is -2.30. The van der Waals surface area contributed by atoms with E-state index in [1.807, 2.05) is 6.07 Å². The van der Waals surface area contributed by atoms with Crippen molar-refractivity contribution in [2.75, 3.05) is 0 Å². The summed E-state index contributed by atoms with van der Waals surface area (Å²) in [6, 6.07) is 11.2. The zero-order valence-electron chi connectivity index (χ0n) is 11.6. The fourth-order valence-electron chi connectivity index (χ4n) is 2.29. The van der Waals surface area contributed by atoms with E-state index in [0.29, 0.717) is 10.9 Å². The third kappa shape index (κ3) is 3.26. The molecular formula is C16H18BrFN2. The lowest BCUT2D eigenvalue weighted by Gasteiger charge is -2.19. The second-order valence-electron chi connectivity index (χ2n) is 5.00. The van der Waals surface area contributed by atoms with Gasteiger partial charge < -0.3 is 0 Å². The van der Waals surface area contributed by atoms with Crippen molar-refractivity contribution in [3.63, 3.8) is 0 Å². The zero-order valence-corrected chi connectivity index (χ0v) is 13.2. The monoisotopic (exact) mass is 336 g/mol. The first kappa shape index (κ1) is 15.2. The molecule has 20 heavy (non-hydrogen) atoms. The number of aryl methyl sites for hydroxylation is 2. The summed E-state index contributed by atoms with van der Waals surface area (Å²) in [7, 11) is 0. The van der Waals surface area contributed by atoms with Crippen molar-refractivity contribution in [1.29, 1.82) is 0 Å². The van der Waals surface area contributed by atoms with E-state index < -0.39 is 0 Å². The zero-order chi connectivity index (χ0) is 14.7. The van der Waals surface area contributed by atoms with Crippen molar-refractivity contribution in [2.45, 2.75) is 26.3 Å². The lowest BCUT2D eigenvalue weighted by molar-refractivity contribution is 0.539. The maximum Gasteiger partial charge on any atom is 0.137 e. The van der Waals surface area contributed by atoms with Gasteiger partial charge in [-0.05, 0) is 59.0 Å². The summed E-state index contributed by atoms with van der Waals surface area (Å²) in [5.41, 5.74) is 7.24. The third-order valence-corrected chi connectivity index (χ3v) is 4.32. The maximum absolute atomic E-state index is 13.6. The van der Waals surface area contributed by atoms with E-state index in [1.54, 1.807) is 6.07 Å². The summed E-state index contributed by atoms with van der Waals surface area (Å²) in [5, 5.41) is 0. The first-order valence-corrected chi connectivity index (χ1v) is 7.28. The van der Waals surface area contributed by atoms with E-state index >= 15 is 0 Å². The maximum atomic E-state index is 13.6. The highest BCUT2D eigenvalue weighted by molar-refractivity contribution is 9.10. The summed E-state index contributed by atoms with van der Waals surface area (Å²) in [5.74, 6) is 5.39. The van der Waals surface area contributed by atoms with E-state index in [9.17, 15) is 4.39 Å². The van der Waals surface area contributed by atoms with Crippen LogP contribution >= 0.6 is 15.9 Å². The van der Waals surface area contributed by atoms with Crippen molar-refractivity contribution in [2.24, 2.45) is 5.84 Å². The molecule has 0 heterocycles. The molecule has 2 aromatic carbocycles. The largest absolute Gasteiger partial charge is 0.271 e. The van der Waals surface area contributed by atoms with Gasteiger partial charge in [0.05, 0.1) is 10.5 Å². The Morgan fingerprint density at radius 3 is 2.70 bits per heavy atom. The minimum Gasteiger partial charge on any atom is -0.271 e. The molecule has 0 spiro atoms. The van der Waals surface area contributed by atoms with Crippen LogP contribution in [0.25, 0.3) is 0 Å². The Labute approximate surface area is 127 Å². The highest BCUT2D eigenvalue weighted by Gasteiger charge is 2.16. The molecular weight excluding hydrogens is 319 g/mol. The predicted molar refractivity (Wildman–Crippen MR) is 83.8 cm³/mol. The number of nitrogens with two attached hydrogens (primary N) is 1. The van der Waals surface area contributed by atoms with Crippen LogP contribution in [0.4, 0.5) is 4.39 Å². The number of nitrogens with one attached hydrogen (secondary N) is 1. The van der Waals surface area contributed by atoms with Gasteiger partial charge in [0.2, 0.25) is 0 Å². The first-order chi connectivity index (χ1) is 9.52. The fourth-order valence-corrected chi connectivity index (χ4v) is 2.83. The third-order valence-electron chi connectivity index (χ3n) is 3.49. The molecule has 0 amide bonds. The summed E-state index contributed by atoms with van der Waals surface area (Å²) in [4.78, 5) is 0. The molecule has 0 bridgehead atoms. The SMILES string of the molecule is Cc1ccc(C)c(CC(NN)c2cccc(F)c2Br)c1. The number of halogens is 2. The van der Waals surface area contributed by atoms with Crippen molar-refractivity contribution >= 4 is 15.9 Å². The summed E-state index contributed by atoms with van der Waals surface area (Å²) in [6.45, 7) is 4.13. The second kappa shape index (κ2) is 6.48. The summed E-state index contributed by atoms with van der Waals surface area (Å²) >= 11 is 3.30. The molecule has 0 aliphatic carbocycles. The van der Waals surface area contributed by atoms with Gasteiger partial charge in [-0.3, -0.25) is 11.3 Å². The molecule has 2 aromatic rings. The van der Waals surface area contributed by atoms with Gasteiger partial charge in [-0.15, -0.1) is 0 Å². The van der Waals surface area contributed by atoms with Gasteiger partial charge in [0.15, 0.2) is 0 Å². The molecule has 0 saturated heterocycles. The number of hydrazine groups is 1. The van der Waals surface area contributed by atoms with E-state index in [-0.39, 0.29) is 11.9 Å². The average molecular weight is 337 g/mol. The van der Waals surface area contributed by atoms with Crippen LogP contribution in [0.3, 0.4) is 0 Å². The highest BCUT2D eigenvalue weighted by Crippen LogP contribution is 2.28. The van der Waals surface area contributed by atoms with Crippen LogP contribution in [0, 0.1) is 19.7 Å². The molecule has 0 saturated carbocycles. The minimum absolute atomic E-state index is 0.138. The molecule has 2 nitrogen and oxygen atoms in total. The van der Waals surface area contributed by atoms with E-state index in [1.165, 1.54) is 22.8 Å². The Balaban J connectivity index is 2.34. The van der Waals surface area contributed by atoms with Crippen molar-refractivity contribution in [1.82, 2.24) is 5.43 Å². The van der Waals surface area contributed by atoms with E-state index in [4.69, 9.17) is 5.84 Å².